The van der Waals surface area contributed by atoms with Crippen LogP contribution in [0.15, 0.2) is 0 Å². The Morgan fingerprint density at radius 3 is 0.871 bits per heavy atom. The highest BCUT2D eigenvalue weighted by atomic mass is 16.5. The van der Waals surface area contributed by atoms with Gasteiger partial charge in [-0.05, 0) is 25.7 Å². The van der Waals surface area contributed by atoms with Gasteiger partial charge in [-0.25, -0.2) is 0 Å². The predicted octanol–water partition coefficient (Wildman–Crippen LogP) is 20.3. The van der Waals surface area contributed by atoms with E-state index in [1.54, 1.807) is 0 Å². The third-order valence-corrected chi connectivity index (χ3v) is 15.4. The van der Waals surface area contributed by atoms with Gasteiger partial charge in [0.15, 0.2) is 0 Å². The molecule has 0 bridgehead atoms. The lowest BCUT2D eigenvalue weighted by Crippen LogP contribution is -2.45. The summed E-state index contributed by atoms with van der Waals surface area (Å²) < 4.78 is 5.48. The fourth-order valence-corrected chi connectivity index (χ4v) is 10.5. The predicted molar refractivity (Wildman–Crippen MR) is 306 cm³/mol. The van der Waals surface area contributed by atoms with E-state index in [1.165, 1.54) is 302 Å². The molecule has 0 heterocycles. The molecule has 0 aliphatic carbocycles. The Bertz CT molecular complexity index is 1010. The molecule has 1 amide bonds. The van der Waals surface area contributed by atoms with Crippen LogP contribution in [0.5, 0.6) is 0 Å². The zero-order chi connectivity index (χ0) is 50.7. The Kier molecular flexibility index (Phi) is 59.4. The summed E-state index contributed by atoms with van der Waals surface area (Å²) >= 11 is 0. The molecule has 0 rings (SSSR count). The number of amides is 1. The van der Waals surface area contributed by atoms with E-state index >= 15 is 0 Å². The third kappa shape index (κ3) is 56.2. The van der Waals surface area contributed by atoms with Gasteiger partial charge in [-0.15, -0.1) is 0 Å². The molecular formula is C64H127NO5. The number of unbranched alkanes of at least 4 members (excludes halogenated alkanes) is 50. The maximum Gasteiger partial charge on any atom is 0.305 e. The molecule has 2 unspecified atom stereocenters. The molecular weight excluding hydrogens is 863 g/mol. The smallest absolute Gasteiger partial charge is 0.305 e. The number of rotatable bonds is 61. The minimum Gasteiger partial charge on any atom is -0.466 e. The molecule has 2 atom stereocenters. The zero-order valence-corrected chi connectivity index (χ0v) is 47.8. The second kappa shape index (κ2) is 60.4. The van der Waals surface area contributed by atoms with E-state index in [1.807, 2.05) is 0 Å². The Hall–Kier alpha value is -1.14. The van der Waals surface area contributed by atoms with Crippen molar-refractivity contribution < 1.29 is 24.5 Å². The number of carbonyl (C=O) groups is 2. The number of esters is 1. The van der Waals surface area contributed by atoms with Crippen molar-refractivity contribution >= 4 is 11.9 Å². The van der Waals surface area contributed by atoms with Crippen molar-refractivity contribution in [1.29, 1.82) is 0 Å². The molecule has 0 saturated heterocycles. The molecule has 0 aliphatic rings. The van der Waals surface area contributed by atoms with Crippen LogP contribution in [0.2, 0.25) is 0 Å². The first kappa shape index (κ1) is 68.9. The second-order valence-electron chi connectivity index (χ2n) is 22.5. The van der Waals surface area contributed by atoms with Crippen LogP contribution in [0.3, 0.4) is 0 Å². The van der Waals surface area contributed by atoms with Crippen LogP contribution in [-0.4, -0.2) is 47.4 Å². The van der Waals surface area contributed by atoms with Crippen molar-refractivity contribution in [1.82, 2.24) is 5.32 Å². The van der Waals surface area contributed by atoms with Gasteiger partial charge in [0, 0.05) is 12.8 Å². The molecule has 0 aromatic carbocycles. The molecule has 3 N–H and O–H groups in total. The van der Waals surface area contributed by atoms with Gasteiger partial charge < -0.3 is 20.3 Å². The molecule has 0 saturated carbocycles. The van der Waals surface area contributed by atoms with Gasteiger partial charge in [0.25, 0.3) is 0 Å². The number of hydrogen-bond donors (Lipinski definition) is 3. The SMILES string of the molecule is CCCCCCCCCCCCCCCCC(O)C(CO)NC(=O)CCCCCCCCCCCCCCCCCCCCCCCCCCCCCOC(=O)CCCCCCCCCCCCCC. The van der Waals surface area contributed by atoms with E-state index in [-0.39, 0.29) is 18.5 Å². The topological polar surface area (TPSA) is 95.9 Å². The monoisotopic (exact) mass is 990 g/mol. The highest BCUT2D eigenvalue weighted by Crippen LogP contribution is 2.19. The fraction of sp³-hybridized carbons (Fsp3) is 0.969. The first-order valence-corrected chi connectivity index (χ1v) is 32.3. The van der Waals surface area contributed by atoms with E-state index in [4.69, 9.17) is 4.74 Å². The molecule has 70 heavy (non-hydrogen) atoms. The van der Waals surface area contributed by atoms with Crippen LogP contribution in [0, 0.1) is 0 Å². The normalized spacial score (nSPS) is 12.5. The summed E-state index contributed by atoms with van der Waals surface area (Å²) in [5, 5.41) is 23.3. The molecule has 6 heteroatoms. The number of aliphatic hydroxyl groups is 2. The minimum absolute atomic E-state index is 0.0197. The highest BCUT2D eigenvalue weighted by molar-refractivity contribution is 5.76. The van der Waals surface area contributed by atoms with Crippen LogP contribution < -0.4 is 5.32 Å². The van der Waals surface area contributed by atoms with Gasteiger partial charge in [0.05, 0.1) is 25.4 Å². The first-order valence-electron chi connectivity index (χ1n) is 32.3. The summed E-state index contributed by atoms with van der Waals surface area (Å²) in [6.45, 7) is 4.98. The molecule has 0 radical (unpaired) electrons. The standard InChI is InChI=1S/C64H127NO5/c1-3-5-7-9-11-13-15-17-33-36-40-44-48-52-56-62(67)61(60-66)65-63(68)57-53-49-45-41-37-34-31-29-27-25-23-21-19-18-20-22-24-26-28-30-32-35-39-43-47-51-55-59-70-64(69)58-54-50-46-42-38-16-14-12-10-8-6-4-2/h61-62,66-67H,3-60H2,1-2H3,(H,65,68). The largest absolute Gasteiger partial charge is 0.466 e. The molecule has 0 aliphatic heterocycles. The van der Waals surface area contributed by atoms with Crippen molar-refractivity contribution in [2.45, 2.75) is 386 Å². The highest BCUT2D eigenvalue weighted by Gasteiger charge is 2.20. The van der Waals surface area contributed by atoms with Crippen molar-refractivity contribution in [3.8, 4) is 0 Å². The average molecular weight is 991 g/mol. The Morgan fingerprint density at radius 1 is 0.343 bits per heavy atom. The summed E-state index contributed by atoms with van der Waals surface area (Å²) in [7, 11) is 0. The van der Waals surface area contributed by atoms with Crippen LogP contribution in [0.4, 0.5) is 0 Å². The lowest BCUT2D eigenvalue weighted by molar-refractivity contribution is -0.143. The average Bonchev–Trinajstić information content (AvgIpc) is 3.36. The summed E-state index contributed by atoms with van der Waals surface area (Å²) in [6.07, 6.45) is 71.3. The Balaban J connectivity index is 3.33. The van der Waals surface area contributed by atoms with E-state index < -0.39 is 12.1 Å². The molecule has 6 nitrogen and oxygen atoms in total. The molecule has 0 aromatic rings. The number of carbonyl (C=O) groups excluding carboxylic acids is 2. The number of hydrogen-bond acceptors (Lipinski definition) is 5. The van der Waals surface area contributed by atoms with Crippen LogP contribution >= 0.6 is 0 Å². The van der Waals surface area contributed by atoms with E-state index in [0.29, 0.717) is 25.9 Å². The van der Waals surface area contributed by atoms with Crippen molar-refractivity contribution in [2.24, 2.45) is 0 Å². The molecule has 0 aromatic heterocycles. The molecule has 418 valence electrons. The van der Waals surface area contributed by atoms with Crippen molar-refractivity contribution in [2.75, 3.05) is 13.2 Å². The maximum absolute atomic E-state index is 12.5. The molecule has 0 spiro atoms. The Morgan fingerprint density at radius 2 is 0.586 bits per heavy atom. The number of nitrogens with one attached hydrogen (secondary N) is 1. The summed E-state index contributed by atoms with van der Waals surface area (Å²) in [6, 6.07) is -0.537. The van der Waals surface area contributed by atoms with Gasteiger partial charge in [0.2, 0.25) is 5.91 Å². The first-order chi connectivity index (χ1) is 34.5. The minimum atomic E-state index is -0.660. The lowest BCUT2D eigenvalue weighted by Gasteiger charge is -2.22. The third-order valence-electron chi connectivity index (χ3n) is 15.4. The summed E-state index contributed by atoms with van der Waals surface area (Å²) in [5.41, 5.74) is 0. The molecule has 0 fully saturated rings. The number of aliphatic hydroxyl groups excluding tert-OH is 2. The zero-order valence-electron chi connectivity index (χ0n) is 47.8. The van der Waals surface area contributed by atoms with Crippen LogP contribution in [0.1, 0.15) is 373 Å². The van der Waals surface area contributed by atoms with Gasteiger partial charge in [-0.2, -0.15) is 0 Å². The fourth-order valence-electron chi connectivity index (χ4n) is 10.5. The maximum atomic E-state index is 12.5. The lowest BCUT2D eigenvalue weighted by atomic mass is 10.0. The number of ether oxygens (including phenoxy) is 1. The van der Waals surface area contributed by atoms with Crippen LogP contribution in [0.25, 0.3) is 0 Å². The Labute approximate surface area is 438 Å². The van der Waals surface area contributed by atoms with Crippen molar-refractivity contribution in [3.63, 3.8) is 0 Å². The van der Waals surface area contributed by atoms with Gasteiger partial charge >= 0.3 is 5.97 Å². The van der Waals surface area contributed by atoms with E-state index in [0.717, 1.165) is 38.5 Å². The quantitative estimate of drug-likeness (QED) is 0.0417. The van der Waals surface area contributed by atoms with Gasteiger partial charge in [-0.3, -0.25) is 9.59 Å². The van der Waals surface area contributed by atoms with Gasteiger partial charge in [0.1, 0.15) is 0 Å². The second-order valence-corrected chi connectivity index (χ2v) is 22.5. The van der Waals surface area contributed by atoms with E-state index in [2.05, 4.69) is 19.2 Å². The van der Waals surface area contributed by atoms with Crippen molar-refractivity contribution in [3.05, 3.63) is 0 Å². The summed E-state index contributed by atoms with van der Waals surface area (Å²) in [4.78, 5) is 24.5. The van der Waals surface area contributed by atoms with Gasteiger partial charge in [-0.1, -0.05) is 335 Å². The van der Waals surface area contributed by atoms with E-state index in [9.17, 15) is 19.8 Å². The summed E-state index contributed by atoms with van der Waals surface area (Å²) in [5.74, 6) is -0.00968. The van der Waals surface area contributed by atoms with Crippen LogP contribution in [-0.2, 0) is 14.3 Å².